The summed E-state index contributed by atoms with van der Waals surface area (Å²) in [5.74, 6) is -1.49. The van der Waals surface area contributed by atoms with Gasteiger partial charge in [0.05, 0.1) is 12.1 Å². The topological polar surface area (TPSA) is 128 Å². The zero-order valence-corrected chi connectivity index (χ0v) is 9.27. The van der Waals surface area contributed by atoms with Crippen molar-refractivity contribution < 1.29 is 24.6 Å². The highest BCUT2D eigenvalue weighted by Crippen LogP contribution is 1.99. The van der Waals surface area contributed by atoms with Gasteiger partial charge in [-0.3, -0.25) is 4.79 Å². The number of carbonyl (C=O) groups excluding carboxylic acids is 2. The van der Waals surface area contributed by atoms with Gasteiger partial charge in [0.25, 0.3) is 0 Å². The molecule has 8 heteroatoms. The number of urea groups is 1. The SMILES string of the molecule is C[C@@H](O)[C@H](NC(=O)NC1CNC(=O)C1)C(=O)O. The predicted octanol–water partition coefficient (Wildman–Crippen LogP) is -1.99. The van der Waals surface area contributed by atoms with Crippen LogP contribution in [0, 0.1) is 0 Å². The van der Waals surface area contributed by atoms with Crippen molar-refractivity contribution in [1.29, 1.82) is 0 Å². The summed E-state index contributed by atoms with van der Waals surface area (Å²) in [5, 5.41) is 25.0. The van der Waals surface area contributed by atoms with Gasteiger partial charge in [0, 0.05) is 13.0 Å². The van der Waals surface area contributed by atoms with E-state index >= 15 is 0 Å². The Kier molecular flexibility index (Phi) is 4.27. The monoisotopic (exact) mass is 245 g/mol. The first kappa shape index (κ1) is 13.2. The van der Waals surface area contributed by atoms with Crippen LogP contribution in [0.25, 0.3) is 0 Å². The Morgan fingerprint density at radius 3 is 2.59 bits per heavy atom. The van der Waals surface area contributed by atoms with E-state index in [2.05, 4.69) is 16.0 Å². The lowest BCUT2D eigenvalue weighted by Gasteiger charge is -2.18. The minimum absolute atomic E-state index is 0.166. The largest absolute Gasteiger partial charge is 0.480 e. The highest BCUT2D eigenvalue weighted by atomic mass is 16.4. The number of rotatable bonds is 4. The number of carboxylic acids is 1. The van der Waals surface area contributed by atoms with Crippen LogP contribution in [0.15, 0.2) is 0 Å². The van der Waals surface area contributed by atoms with E-state index in [1.807, 2.05) is 0 Å². The molecule has 1 rings (SSSR count). The number of hydrogen-bond donors (Lipinski definition) is 5. The molecular weight excluding hydrogens is 230 g/mol. The number of amides is 3. The van der Waals surface area contributed by atoms with Crippen LogP contribution in [0.4, 0.5) is 4.79 Å². The minimum Gasteiger partial charge on any atom is -0.480 e. The van der Waals surface area contributed by atoms with Gasteiger partial charge in [0.1, 0.15) is 0 Å². The fourth-order valence-corrected chi connectivity index (χ4v) is 1.46. The lowest BCUT2D eigenvalue weighted by molar-refractivity contribution is -0.141. The molecular formula is C9H15N3O5. The molecule has 1 unspecified atom stereocenters. The lowest BCUT2D eigenvalue weighted by Crippen LogP contribution is -2.53. The molecule has 0 radical (unpaired) electrons. The standard InChI is InChI=1S/C9H15N3O5/c1-4(13)7(8(15)16)12-9(17)11-5-2-6(14)10-3-5/h4-5,7,13H,2-3H2,1H3,(H,10,14)(H,15,16)(H2,11,12,17)/t4-,5?,7+/m1/s1. The van der Waals surface area contributed by atoms with Crippen LogP contribution in [-0.4, -0.2) is 52.9 Å². The Bertz CT molecular complexity index is 331. The number of aliphatic hydroxyl groups is 1. The summed E-state index contributed by atoms with van der Waals surface area (Å²) in [6, 6.07) is -2.45. The Hall–Kier alpha value is -1.83. The van der Waals surface area contributed by atoms with Crippen molar-refractivity contribution >= 4 is 17.9 Å². The van der Waals surface area contributed by atoms with Crippen molar-refractivity contribution in [2.45, 2.75) is 31.5 Å². The number of carbonyl (C=O) groups is 3. The van der Waals surface area contributed by atoms with Crippen LogP contribution in [0.1, 0.15) is 13.3 Å². The minimum atomic E-state index is -1.37. The van der Waals surface area contributed by atoms with Gasteiger partial charge >= 0.3 is 12.0 Å². The number of aliphatic hydroxyl groups excluding tert-OH is 1. The lowest BCUT2D eigenvalue weighted by atomic mass is 10.2. The Morgan fingerprint density at radius 1 is 1.53 bits per heavy atom. The summed E-state index contributed by atoms with van der Waals surface area (Å²) in [4.78, 5) is 32.9. The van der Waals surface area contributed by atoms with E-state index in [0.29, 0.717) is 6.54 Å². The summed E-state index contributed by atoms with van der Waals surface area (Å²) in [7, 11) is 0. The Morgan fingerprint density at radius 2 is 2.18 bits per heavy atom. The molecule has 0 saturated carbocycles. The third kappa shape index (κ3) is 3.91. The predicted molar refractivity (Wildman–Crippen MR) is 56.2 cm³/mol. The summed E-state index contributed by atoms with van der Waals surface area (Å²) in [6.45, 7) is 1.58. The molecule has 0 aromatic heterocycles. The maximum atomic E-state index is 11.4. The van der Waals surface area contributed by atoms with Crippen LogP contribution in [0.2, 0.25) is 0 Å². The first-order valence-corrected chi connectivity index (χ1v) is 5.14. The summed E-state index contributed by atoms with van der Waals surface area (Å²) in [6.07, 6.45) is -1.04. The quantitative estimate of drug-likeness (QED) is 0.391. The molecule has 96 valence electrons. The summed E-state index contributed by atoms with van der Waals surface area (Å²) >= 11 is 0. The van der Waals surface area contributed by atoms with Gasteiger partial charge in [-0.2, -0.15) is 0 Å². The Balaban J connectivity index is 2.42. The van der Waals surface area contributed by atoms with Crippen molar-refractivity contribution in [2.75, 3.05) is 6.54 Å². The van der Waals surface area contributed by atoms with Gasteiger partial charge in [-0.15, -0.1) is 0 Å². The molecule has 0 spiro atoms. The fraction of sp³-hybridized carbons (Fsp3) is 0.667. The van der Waals surface area contributed by atoms with E-state index in [4.69, 9.17) is 10.2 Å². The molecule has 1 saturated heterocycles. The molecule has 1 fully saturated rings. The smallest absolute Gasteiger partial charge is 0.328 e. The fourth-order valence-electron chi connectivity index (χ4n) is 1.46. The van der Waals surface area contributed by atoms with Crippen LogP contribution in [-0.2, 0) is 9.59 Å². The molecule has 0 aliphatic carbocycles. The van der Waals surface area contributed by atoms with E-state index in [1.165, 1.54) is 6.92 Å². The van der Waals surface area contributed by atoms with Crippen molar-refractivity contribution in [3.05, 3.63) is 0 Å². The normalized spacial score (nSPS) is 22.5. The van der Waals surface area contributed by atoms with Crippen LogP contribution >= 0.6 is 0 Å². The van der Waals surface area contributed by atoms with E-state index in [1.54, 1.807) is 0 Å². The third-order valence-electron chi connectivity index (χ3n) is 2.35. The van der Waals surface area contributed by atoms with Crippen LogP contribution in [0.5, 0.6) is 0 Å². The second-order valence-electron chi connectivity index (χ2n) is 3.88. The van der Waals surface area contributed by atoms with E-state index in [0.717, 1.165) is 0 Å². The average Bonchev–Trinajstić information content (AvgIpc) is 2.59. The van der Waals surface area contributed by atoms with Gasteiger partial charge in [0.2, 0.25) is 5.91 Å². The molecule has 0 aromatic carbocycles. The van der Waals surface area contributed by atoms with Crippen LogP contribution in [0.3, 0.4) is 0 Å². The van der Waals surface area contributed by atoms with Gasteiger partial charge in [-0.1, -0.05) is 0 Å². The average molecular weight is 245 g/mol. The highest BCUT2D eigenvalue weighted by Gasteiger charge is 2.27. The van der Waals surface area contributed by atoms with Gasteiger partial charge < -0.3 is 26.2 Å². The van der Waals surface area contributed by atoms with Crippen molar-refractivity contribution in [3.8, 4) is 0 Å². The summed E-state index contributed by atoms with van der Waals surface area (Å²) in [5.41, 5.74) is 0. The molecule has 3 atom stereocenters. The Labute approximate surface area is 97.4 Å². The van der Waals surface area contributed by atoms with Crippen molar-refractivity contribution in [3.63, 3.8) is 0 Å². The second-order valence-corrected chi connectivity index (χ2v) is 3.88. The molecule has 8 nitrogen and oxygen atoms in total. The zero-order valence-electron chi connectivity index (χ0n) is 9.27. The maximum absolute atomic E-state index is 11.4. The first-order chi connectivity index (χ1) is 7.90. The van der Waals surface area contributed by atoms with Gasteiger partial charge in [0.15, 0.2) is 6.04 Å². The van der Waals surface area contributed by atoms with Gasteiger partial charge in [-0.25, -0.2) is 9.59 Å². The molecule has 0 bridgehead atoms. The molecule has 17 heavy (non-hydrogen) atoms. The first-order valence-electron chi connectivity index (χ1n) is 5.14. The molecule has 1 aliphatic rings. The molecule has 0 aromatic rings. The molecule has 1 heterocycles. The second kappa shape index (κ2) is 5.48. The van der Waals surface area contributed by atoms with Crippen LogP contribution < -0.4 is 16.0 Å². The number of nitrogens with one attached hydrogen (secondary N) is 3. The van der Waals surface area contributed by atoms with Crippen molar-refractivity contribution in [1.82, 2.24) is 16.0 Å². The van der Waals surface area contributed by atoms with Gasteiger partial charge in [-0.05, 0) is 6.92 Å². The molecule has 3 amide bonds. The molecule has 1 aliphatic heterocycles. The number of aliphatic carboxylic acids is 1. The zero-order chi connectivity index (χ0) is 13.0. The van der Waals surface area contributed by atoms with E-state index in [9.17, 15) is 14.4 Å². The number of hydrogen-bond acceptors (Lipinski definition) is 4. The van der Waals surface area contributed by atoms with E-state index in [-0.39, 0.29) is 18.4 Å². The third-order valence-corrected chi connectivity index (χ3v) is 2.35. The van der Waals surface area contributed by atoms with E-state index < -0.39 is 24.1 Å². The maximum Gasteiger partial charge on any atom is 0.328 e. The molecule has 5 N–H and O–H groups in total. The van der Waals surface area contributed by atoms with Crippen molar-refractivity contribution in [2.24, 2.45) is 0 Å². The highest BCUT2D eigenvalue weighted by molar-refractivity contribution is 5.84. The number of carboxylic acid groups (broad SMARTS) is 1. The summed E-state index contributed by atoms with van der Waals surface area (Å²) < 4.78 is 0.